The number of nitrogens with one attached hydrogen (secondary N) is 2. The molecule has 0 saturated carbocycles. The first-order chi connectivity index (χ1) is 10.2. The maximum Gasteiger partial charge on any atom is 0.241 e. The van der Waals surface area contributed by atoms with Crippen molar-refractivity contribution in [3.63, 3.8) is 0 Å². The van der Waals surface area contributed by atoms with Crippen LogP contribution in [-0.4, -0.2) is 22.1 Å². The van der Waals surface area contributed by atoms with Crippen LogP contribution >= 0.6 is 0 Å². The van der Waals surface area contributed by atoms with Crippen LogP contribution in [0.4, 0.5) is 5.69 Å². The molecule has 106 valence electrons. The van der Waals surface area contributed by atoms with Gasteiger partial charge in [0.15, 0.2) is 0 Å². The Morgan fingerprint density at radius 3 is 2.86 bits per heavy atom. The minimum absolute atomic E-state index is 0.193. The lowest BCUT2D eigenvalue weighted by atomic mass is 10.1. The van der Waals surface area contributed by atoms with Crippen molar-refractivity contribution < 1.29 is 4.79 Å². The molecule has 4 N–H and O–H groups in total. The van der Waals surface area contributed by atoms with Crippen LogP contribution in [0.25, 0.3) is 10.9 Å². The Kier molecular flexibility index (Phi) is 3.66. The van der Waals surface area contributed by atoms with Gasteiger partial charge in [-0.1, -0.05) is 30.3 Å². The summed E-state index contributed by atoms with van der Waals surface area (Å²) in [6.07, 6.45) is 2.23. The number of aromatic amines is 1. The van der Waals surface area contributed by atoms with Crippen LogP contribution in [0.3, 0.4) is 0 Å². The zero-order chi connectivity index (χ0) is 14.7. The van der Waals surface area contributed by atoms with E-state index in [1.807, 2.05) is 48.5 Å². The maximum atomic E-state index is 12.1. The van der Waals surface area contributed by atoms with Gasteiger partial charge in [-0.05, 0) is 30.2 Å². The topological polar surface area (TPSA) is 83.8 Å². The lowest BCUT2D eigenvalue weighted by Gasteiger charge is -2.12. The largest absolute Gasteiger partial charge is 0.325 e. The molecule has 1 atom stereocenters. The molecule has 0 aliphatic carbocycles. The van der Waals surface area contributed by atoms with Gasteiger partial charge in [-0.3, -0.25) is 9.89 Å². The van der Waals surface area contributed by atoms with Crippen LogP contribution in [0.15, 0.2) is 54.7 Å². The normalized spacial score (nSPS) is 12.2. The van der Waals surface area contributed by atoms with Crippen LogP contribution in [0.2, 0.25) is 0 Å². The number of carbonyl (C=O) groups is 1. The zero-order valence-corrected chi connectivity index (χ0v) is 11.4. The molecule has 0 spiro atoms. The number of hydrogen-bond donors (Lipinski definition) is 3. The summed E-state index contributed by atoms with van der Waals surface area (Å²) in [4.78, 5) is 12.1. The second kappa shape index (κ2) is 5.76. The molecule has 0 unspecified atom stereocenters. The predicted molar refractivity (Wildman–Crippen MR) is 82.8 cm³/mol. The van der Waals surface area contributed by atoms with E-state index in [1.165, 1.54) is 0 Å². The zero-order valence-electron chi connectivity index (χ0n) is 11.4. The number of hydrogen-bond acceptors (Lipinski definition) is 3. The maximum absolute atomic E-state index is 12.1. The molecule has 0 bridgehead atoms. The van der Waals surface area contributed by atoms with Gasteiger partial charge in [0, 0.05) is 11.1 Å². The number of carbonyl (C=O) groups excluding carboxylic acids is 1. The number of nitrogens with two attached hydrogens (primary N) is 1. The highest BCUT2D eigenvalue weighted by atomic mass is 16.2. The summed E-state index contributed by atoms with van der Waals surface area (Å²) in [5.74, 6) is -0.193. The third-order valence-corrected chi connectivity index (χ3v) is 3.34. The van der Waals surface area contributed by atoms with Crippen LogP contribution in [0.5, 0.6) is 0 Å². The van der Waals surface area contributed by atoms with E-state index >= 15 is 0 Å². The van der Waals surface area contributed by atoms with Crippen molar-refractivity contribution in [1.82, 2.24) is 10.2 Å². The Labute approximate surface area is 122 Å². The Hall–Kier alpha value is -2.66. The highest BCUT2D eigenvalue weighted by Gasteiger charge is 2.14. The van der Waals surface area contributed by atoms with Gasteiger partial charge in [0.2, 0.25) is 5.91 Å². The molecule has 3 aromatic rings. The summed E-state index contributed by atoms with van der Waals surface area (Å²) in [5, 5.41) is 10.6. The molecule has 1 aromatic heterocycles. The molecule has 0 aliphatic rings. The molecule has 1 amide bonds. The average molecular weight is 280 g/mol. The Morgan fingerprint density at radius 1 is 1.24 bits per heavy atom. The number of anilines is 1. The molecule has 3 rings (SSSR count). The number of H-pyrrole nitrogens is 1. The van der Waals surface area contributed by atoms with Crippen molar-refractivity contribution in [2.75, 3.05) is 5.32 Å². The van der Waals surface area contributed by atoms with Gasteiger partial charge in [-0.25, -0.2) is 0 Å². The molecule has 1 heterocycles. The Bertz CT molecular complexity index is 751. The smallest absolute Gasteiger partial charge is 0.241 e. The minimum atomic E-state index is -0.576. The van der Waals surface area contributed by atoms with E-state index in [0.29, 0.717) is 6.42 Å². The number of amides is 1. The second-order valence-corrected chi connectivity index (χ2v) is 4.96. The first-order valence-corrected chi connectivity index (χ1v) is 6.76. The van der Waals surface area contributed by atoms with Crippen LogP contribution in [-0.2, 0) is 11.2 Å². The van der Waals surface area contributed by atoms with Crippen molar-refractivity contribution in [2.45, 2.75) is 12.5 Å². The Morgan fingerprint density at radius 2 is 2.05 bits per heavy atom. The average Bonchev–Trinajstić information content (AvgIpc) is 2.95. The van der Waals surface area contributed by atoms with Crippen molar-refractivity contribution in [1.29, 1.82) is 0 Å². The van der Waals surface area contributed by atoms with Crippen LogP contribution < -0.4 is 11.1 Å². The summed E-state index contributed by atoms with van der Waals surface area (Å²) in [7, 11) is 0. The van der Waals surface area contributed by atoms with E-state index in [1.54, 1.807) is 6.20 Å². The van der Waals surface area contributed by atoms with Crippen LogP contribution in [0.1, 0.15) is 5.56 Å². The van der Waals surface area contributed by atoms with Crippen molar-refractivity contribution in [2.24, 2.45) is 5.73 Å². The number of rotatable bonds is 4. The fourth-order valence-corrected chi connectivity index (χ4v) is 2.22. The van der Waals surface area contributed by atoms with Gasteiger partial charge in [0.25, 0.3) is 0 Å². The first-order valence-electron chi connectivity index (χ1n) is 6.76. The summed E-state index contributed by atoms with van der Waals surface area (Å²) in [6.45, 7) is 0. The van der Waals surface area contributed by atoms with E-state index < -0.39 is 6.04 Å². The fourth-order valence-electron chi connectivity index (χ4n) is 2.22. The molecule has 0 aliphatic heterocycles. The quantitative estimate of drug-likeness (QED) is 0.684. The van der Waals surface area contributed by atoms with E-state index in [0.717, 1.165) is 22.2 Å². The SMILES string of the molecule is N[C@@H](Cc1ccccc1)C(=O)Nc1ccc2[nH]ncc2c1. The highest BCUT2D eigenvalue weighted by Crippen LogP contribution is 2.17. The molecular formula is C16H16N4O. The van der Waals surface area contributed by atoms with Crippen molar-refractivity contribution in [3.8, 4) is 0 Å². The molecule has 0 radical (unpaired) electrons. The highest BCUT2D eigenvalue weighted by molar-refractivity contribution is 5.96. The van der Waals surface area contributed by atoms with Crippen molar-refractivity contribution in [3.05, 3.63) is 60.3 Å². The van der Waals surface area contributed by atoms with Crippen molar-refractivity contribution >= 4 is 22.5 Å². The van der Waals surface area contributed by atoms with E-state index in [2.05, 4.69) is 15.5 Å². The standard InChI is InChI=1S/C16H16N4O/c17-14(8-11-4-2-1-3-5-11)16(21)19-13-6-7-15-12(9-13)10-18-20-15/h1-7,9-10,14H,8,17H2,(H,18,20)(H,19,21)/t14-/m0/s1. The van der Waals surface area contributed by atoms with E-state index in [9.17, 15) is 4.79 Å². The van der Waals surface area contributed by atoms with Gasteiger partial charge >= 0.3 is 0 Å². The molecular weight excluding hydrogens is 264 g/mol. The number of nitrogens with zero attached hydrogens (tertiary/aromatic N) is 1. The summed E-state index contributed by atoms with van der Waals surface area (Å²) < 4.78 is 0. The third-order valence-electron chi connectivity index (χ3n) is 3.34. The molecule has 21 heavy (non-hydrogen) atoms. The summed E-state index contributed by atoms with van der Waals surface area (Å²) in [5.41, 5.74) is 8.66. The van der Waals surface area contributed by atoms with Gasteiger partial charge < -0.3 is 11.1 Å². The monoisotopic (exact) mass is 280 g/mol. The fraction of sp³-hybridized carbons (Fsp3) is 0.125. The molecule has 2 aromatic carbocycles. The van der Waals surface area contributed by atoms with Gasteiger partial charge in [-0.2, -0.15) is 5.10 Å². The molecule has 0 saturated heterocycles. The van der Waals surface area contributed by atoms with E-state index in [4.69, 9.17) is 5.73 Å². The molecule has 5 heteroatoms. The lowest BCUT2D eigenvalue weighted by molar-refractivity contribution is -0.117. The first kappa shape index (κ1) is 13.3. The second-order valence-electron chi connectivity index (χ2n) is 4.96. The number of aromatic nitrogens is 2. The lowest BCUT2D eigenvalue weighted by Crippen LogP contribution is -2.37. The summed E-state index contributed by atoms with van der Waals surface area (Å²) in [6, 6.07) is 14.7. The van der Waals surface area contributed by atoms with Gasteiger partial charge in [0.1, 0.15) is 0 Å². The molecule has 5 nitrogen and oxygen atoms in total. The number of fused-ring (bicyclic) bond motifs is 1. The number of benzene rings is 2. The van der Waals surface area contributed by atoms with Gasteiger partial charge in [0.05, 0.1) is 17.8 Å². The van der Waals surface area contributed by atoms with E-state index in [-0.39, 0.29) is 5.91 Å². The third kappa shape index (κ3) is 3.09. The van der Waals surface area contributed by atoms with Crippen LogP contribution in [0, 0.1) is 0 Å². The minimum Gasteiger partial charge on any atom is -0.325 e. The predicted octanol–water partition coefficient (Wildman–Crippen LogP) is 2.07. The van der Waals surface area contributed by atoms with Gasteiger partial charge in [-0.15, -0.1) is 0 Å². The molecule has 0 fully saturated rings. The summed E-state index contributed by atoms with van der Waals surface area (Å²) >= 11 is 0. The Balaban J connectivity index is 1.67.